The minimum Gasteiger partial charge on any atom is -0.493 e. The minimum atomic E-state index is -0.457. The van der Waals surface area contributed by atoms with Gasteiger partial charge in [-0.1, -0.05) is 28.1 Å². The maximum atomic E-state index is 12.7. The minimum absolute atomic E-state index is 0.00375. The molecule has 6 nitrogen and oxygen atoms in total. The molecule has 7 heteroatoms. The summed E-state index contributed by atoms with van der Waals surface area (Å²) >= 11 is 3.36. The third-order valence-electron chi connectivity index (χ3n) is 3.82. The van der Waals surface area contributed by atoms with Crippen LogP contribution in [0.25, 0.3) is 6.08 Å². The number of rotatable bonds is 5. The van der Waals surface area contributed by atoms with Crippen LogP contribution in [0.15, 0.2) is 52.5 Å². The lowest BCUT2D eigenvalue weighted by Crippen LogP contribution is -2.35. The number of nitrogens with zero attached hydrogens (tertiary/aromatic N) is 1. The summed E-state index contributed by atoms with van der Waals surface area (Å²) in [6, 6.07) is 12.4. The largest absolute Gasteiger partial charge is 0.493 e. The fraction of sp³-hybridized carbons (Fsp3) is 0.200. The zero-order chi connectivity index (χ0) is 19.6. The van der Waals surface area contributed by atoms with Crippen molar-refractivity contribution in [3.8, 4) is 11.5 Å². The Kier molecular flexibility index (Phi) is 5.51. The highest BCUT2D eigenvalue weighted by atomic mass is 79.9. The van der Waals surface area contributed by atoms with E-state index in [1.807, 2.05) is 19.9 Å². The van der Waals surface area contributed by atoms with Gasteiger partial charge in [0.25, 0.3) is 11.8 Å². The summed E-state index contributed by atoms with van der Waals surface area (Å²) in [4.78, 5) is 25.0. The Balaban J connectivity index is 1.90. The number of methoxy groups -OCH3 is 1. The number of benzene rings is 2. The molecule has 2 amide bonds. The van der Waals surface area contributed by atoms with E-state index in [-0.39, 0.29) is 11.7 Å². The summed E-state index contributed by atoms with van der Waals surface area (Å²) in [7, 11) is 1.54. The Bertz CT molecular complexity index is 924. The van der Waals surface area contributed by atoms with Crippen LogP contribution in [0.1, 0.15) is 19.4 Å². The van der Waals surface area contributed by atoms with Crippen LogP contribution < -0.4 is 19.9 Å². The lowest BCUT2D eigenvalue weighted by molar-refractivity contribution is -0.117. The SMILES string of the molecule is COc1cc(/C=C2/C(=O)NN(c3cccc(Br)c3)C2=O)ccc1OC(C)C. The van der Waals surface area contributed by atoms with Crippen molar-refractivity contribution in [1.29, 1.82) is 0 Å². The van der Waals surface area contributed by atoms with Crippen LogP contribution in [0.4, 0.5) is 5.69 Å². The number of amides is 2. The molecular weight excluding hydrogens is 412 g/mol. The number of carbonyl (C=O) groups is 2. The van der Waals surface area contributed by atoms with Crippen molar-refractivity contribution in [2.75, 3.05) is 12.1 Å². The van der Waals surface area contributed by atoms with E-state index in [9.17, 15) is 9.59 Å². The maximum absolute atomic E-state index is 12.7. The van der Waals surface area contributed by atoms with E-state index >= 15 is 0 Å². The molecule has 0 radical (unpaired) electrons. The molecule has 1 aliphatic heterocycles. The first-order valence-electron chi connectivity index (χ1n) is 8.36. The molecular formula is C20H19BrN2O4. The zero-order valence-electron chi connectivity index (χ0n) is 15.2. The van der Waals surface area contributed by atoms with Gasteiger partial charge in [0.05, 0.1) is 18.9 Å². The van der Waals surface area contributed by atoms with E-state index in [0.717, 1.165) is 4.47 Å². The summed E-state index contributed by atoms with van der Waals surface area (Å²) in [6.45, 7) is 3.85. The molecule has 0 spiro atoms. The van der Waals surface area contributed by atoms with Gasteiger partial charge >= 0.3 is 0 Å². The number of hydrazine groups is 1. The van der Waals surface area contributed by atoms with Gasteiger partial charge < -0.3 is 9.47 Å². The van der Waals surface area contributed by atoms with E-state index in [1.54, 1.807) is 43.5 Å². The monoisotopic (exact) mass is 430 g/mol. The fourth-order valence-electron chi connectivity index (χ4n) is 2.65. The van der Waals surface area contributed by atoms with Gasteiger partial charge in [0.2, 0.25) is 0 Å². The molecule has 0 atom stereocenters. The Labute approximate surface area is 165 Å². The van der Waals surface area contributed by atoms with Crippen molar-refractivity contribution >= 4 is 39.5 Å². The van der Waals surface area contributed by atoms with Crippen molar-refractivity contribution in [2.45, 2.75) is 20.0 Å². The first kappa shape index (κ1) is 19.0. The number of ether oxygens (including phenoxy) is 2. The van der Waals surface area contributed by atoms with E-state index in [4.69, 9.17) is 9.47 Å². The summed E-state index contributed by atoms with van der Waals surface area (Å²) in [5.74, 6) is 0.265. The van der Waals surface area contributed by atoms with Crippen molar-refractivity contribution in [1.82, 2.24) is 5.43 Å². The van der Waals surface area contributed by atoms with Crippen molar-refractivity contribution in [3.63, 3.8) is 0 Å². The van der Waals surface area contributed by atoms with Gasteiger partial charge in [-0.2, -0.15) is 0 Å². The highest BCUT2D eigenvalue weighted by Gasteiger charge is 2.34. The first-order valence-corrected chi connectivity index (χ1v) is 9.15. The molecule has 140 valence electrons. The second-order valence-corrected chi connectivity index (χ2v) is 7.11. The van der Waals surface area contributed by atoms with Crippen LogP contribution >= 0.6 is 15.9 Å². The summed E-state index contributed by atoms with van der Waals surface area (Å²) in [5.41, 5.74) is 3.87. The van der Waals surface area contributed by atoms with Gasteiger partial charge in [0, 0.05) is 4.47 Å². The van der Waals surface area contributed by atoms with Gasteiger partial charge in [-0.05, 0) is 55.8 Å². The molecule has 2 aromatic rings. The molecule has 1 N–H and O–H groups in total. The van der Waals surface area contributed by atoms with Gasteiger partial charge in [-0.25, -0.2) is 5.01 Å². The average molecular weight is 431 g/mol. The van der Waals surface area contributed by atoms with Crippen LogP contribution in [-0.2, 0) is 9.59 Å². The fourth-order valence-corrected chi connectivity index (χ4v) is 3.03. The van der Waals surface area contributed by atoms with Crippen LogP contribution in [0.5, 0.6) is 11.5 Å². The molecule has 1 fully saturated rings. The highest BCUT2D eigenvalue weighted by molar-refractivity contribution is 9.10. The summed E-state index contributed by atoms with van der Waals surface area (Å²) in [5, 5.41) is 1.23. The quantitative estimate of drug-likeness (QED) is 0.579. The molecule has 1 heterocycles. The number of hydrogen-bond donors (Lipinski definition) is 1. The van der Waals surface area contributed by atoms with Gasteiger partial charge in [-0.15, -0.1) is 0 Å². The average Bonchev–Trinajstić information content (AvgIpc) is 2.90. The van der Waals surface area contributed by atoms with Crippen LogP contribution in [0, 0.1) is 0 Å². The van der Waals surface area contributed by atoms with Crippen LogP contribution in [-0.4, -0.2) is 25.0 Å². The van der Waals surface area contributed by atoms with Crippen molar-refractivity contribution < 1.29 is 19.1 Å². The predicted octanol–water partition coefficient (Wildman–Crippen LogP) is 3.71. The molecule has 0 unspecified atom stereocenters. The van der Waals surface area contributed by atoms with E-state index < -0.39 is 11.8 Å². The number of carbonyl (C=O) groups excluding carboxylic acids is 2. The van der Waals surface area contributed by atoms with Gasteiger partial charge in [0.15, 0.2) is 11.5 Å². The van der Waals surface area contributed by atoms with Crippen molar-refractivity contribution in [2.24, 2.45) is 0 Å². The van der Waals surface area contributed by atoms with E-state index in [2.05, 4.69) is 21.4 Å². The maximum Gasteiger partial charge on any atom is 0.282 e. The predicted molar refractivity (Wildman–Crippen MR) is 107 cm³/mol. The van der Waals surface area contributed by atoms with Gasteiger partial charge in [-0.3, -0.25) is 15.0 Å². The van der Waals surface area contributed by atoms with Crippen molar-refractivity contribution in [3.05, 3.63) is 58.1 Å². The molecule has 1 saturated heterocycles. The Morgan fingerprint density at radius 3 is 2.56 bits per heavy atom. The third kappa shape index (κ3) is 4.14. The second-order valence-electron chi connectivity index (χ2n) is 6.20. The first-order chi connectivity index (χ1) is 12.9. The topological polar surface area (TPSA) is 67.9 Å². The lowest BCUT2D eigenvalue weighted by Gasteiger charge is -2.14. The summed E-state index contributed by atoms with van der Waals surface area (Å²) in [6.07, 6.45) is 1.54. The Morgan fingerprint density at radius 2 is 1.89 bits per heavy atom. The molecule has 0 saturated carbocycles. The molecule has 0 bridgehead atoms. The van der Waals surface area contributed by atoms with E-state index in [1.165, 1.54) is 11.1 Å². The normalized spacial score (nSPS) is 15.4. The smallest absolute Gasteiger partial charge is 0.282 e. The standard InChI is InChI=1S/C20H19BrN2O4/c1-12(2)27-17-8-7-13(10-18(17)26-3)9-16-19(24)22-23(20(16)25)15-6-4-5-14(21)11-15/h4-12H,1-3H3,(H,22,24)/b16-9-. The molecule has 1 aliphatic rings. The van der Waals surface area contributed by atoms with Gasteiger partial charge in [0.1, 0.15) is 5.57 Å². The van der Waals surface area contributed by atoms with Crippen LogP contribution in [0.2, 0.25) is 0 Å². The Morgan fingerprint density at radius 1 is 1.11 bits per heavy atom. The molecule has 2 aromatic carbocycles. The molecule has 3 rings (SSSR count). The third-order valence-corrected chi connectivity index (χ3v) is 4.31. The second kappa shape index (κ2) is 7.84. The number of halogens is 1. The Hall–Kier alpha value is -2.80. The lowest BCUT2D eigenvalue weighted by atomic mass is 10.1. The number of hydrogen-bond acceptors (Lipinski definition) is 4. The molecule has 0 aliphatic carbocycles. The highest BCUT2D eigenvalue weighted by Crippen LogP contribution is 2.31. The number of nitrogens with one attached hydrogen (secondary N) is 1. The van der Waals surface area contributed by atoms with Crippen LogP contribution in [0.3, 0.4) is 0 Å². The number of anilines is 1. The molecule has 27 heavy (non-hydrogen) atoms. The summed E-state index contributed by atoms with van der Waals surface area (Å²) < 4.78 is 11.8. The zero-order valence-corrected chi connectivity index (χ0v) is 16.7. The molecule has 0 aromatic heterocycles. The van der Waals surface area contributed by atoms with E-state index in [0.29, 0.717) is 22.7 Å².